The van der Waals surface area contributed by atoms with Crippen LogP contribution in [0.2, 0.25) is 0 Å². The third kappa shape index (κ3) is 3.20. The predicted octanol–water partition coefficient (Wildman–Crippen LogP) is 3.03. The van der Waals surface area contributed by atoms with E-state index in [0.29, 0.717) is 18.0 Å². The summed E-state index contributed by atoms with van der Waals surface area (Å²) in [6.07, 6.45) is 6.31. The second-order valence-corrected chi connectivity index (χ2v) is 4.78. The molecule has 0 saturated carbocycles. The molecule has 2 atom stereocenters. The molecule has 1 aromatic rings. The number of benzene rings is 1. The van der Waals surface area contributed by atoms with Crippen molar-refractivity contribution < 1.29 is 9.90 Å². The first-order valence-corrected chi connectivity index (χ1v) is 6.40. The van der Waals surface area contributed by atoms with Gasteiger partial charge in [-0.05, 0) is 31.7 Å². The number of aliphatic hydroxyl groups is 1. The first-order valence-electron chi connectivity index (χ1n) is 6.40. The van der Waals surface area contributed by atoms with Gasteiger partial charge in [0.25, 0.3) is 0 Å². The zero-order valence-electron chi connectivity index (χ0n) is 10.6. The molecule has 0 aromatic heterocycles. The molecule has 0 heterocycles. The van der Waals surface area contributed by atoms with Crippen molar-refractivity contribution in [3.05, 3.63) is 42.0 Å². The lowest BCUT2D eigenvalue weighted by Crippen LogP contribution is -2.16. The lowest BCUT2D eigenvalue weighted by Gasteiger charge is -2.14. The van der Waals surface area contributed by atoms with Gasteiger partial charge < -0.3 is 10.4 Å². The highest BCUT2D eigenvalue weighted by Crippen LogP contribution is 2.24. The van der Waals surface area contributed by atoms with Gasteiger partial charge in [0.05, 0.1) is 6.10 Å². The van der Waals surface area contributed by atoms with Crippen molar-refractivity contribution in [3.8, 4) is 0 Å². The Labute approximate surface area is 108 Å². The molecule has 0 spiro atoms. The van der Waals surface area contributed by atoms with E-state index >= 15 is 0 Å². The molecule has 2 rings (SSSR count). The summed E-state index contributed by atoms with van der Waals surface area (Å²) in [6, 6.07) is 7.37. The number of carbonyl (C=O) groups is 1. The number of anilines is 1. The van der Waals surface area contributed by atoms with Crippen LogP contribution in [0.25, 0.3) is 0 Å². The van der Waals surface area contributed by atoms with Crippen molar-refractivity contribution in [2.24, 2.45) is 5.92 Å². The van der Waals surface area contributed by atoms with E-state index < -0.39 is 6.10 Å². The molecule has 2 unspecified atom stereocenters. The third-order valence-corrected chi connectivity index (χ3v) is 3.24. The minimum absolute atomic E-state index is 0.0136. The Morgan fingerprint density at radius 1 is 1.50 bits per heavy atom. The fourth-order valence-corrected chi connectivity index (χ4v) is 2.28. The molecule has 1 amide bonds. The second-order valence-electron chi connectivity index (χ2n) is 4.78. The van der Waals surface area contributed by atoms with Crippen molar-refractivity contribution in [2.75, 3.05) is 5.32 Å². The van der Waals surface area contributed by atoms with E-state index in [1.807, 2.05) is 24.3 Å². The van der Waals surface area contributed by atoms with Gasteiger partial charge in [-0.25, -0.2) is 0 Å². The molecular weight excluding hydrogens is 226 g/mol. The molecule has 1 aromatic carbocycles. The van der Waals surface area contributed by atoms with E-state index in [1.54, 1.807) is 6.92 Å². The standard InChI is InChI=1S/C15H19NO2/c1-11(17)13-8-4-5-9-14(13)16-15(18)10-12-6-2-3-7-12/h2,4-6,8-9,11-12,17H,3,7,10H2,1H3,(H,16,18). The first kappa shape index (κ1) is 12.8. The Kier molecular flexibility index (Phi) is 4.15. The lowest BCUT2D eigenvalue weighted by molar-refractivity contribution is -0.116. The number of rotatable bonds is 4. The summed E-state index contributed by atoms with van der Waals surface area (Å²) in [4.78, 5) is 11.9. The largest absolute Gasteiger partial charge is 0.389 e. The summed E-state index contributed by atoms with van der Waals surface area (Å²) >= 11 is 0. The van der Waals surface area contributed by atoms with Crippen LogP contribution < -0.4 is 5.32 Å². The molecule has 1 aliphatic rings. The van der Waals surface area contributed by atoms with E-state index in [4.69, 9.17) is 0 Å². The number of nitrogens with one attached hydrogen (secondary N) is 1. The van der Waals surface area contributed by atoms with Crippen molar-refractivity contribution >= 4 is 11.6 Å². The monoisotopic (exact) mass is 245 g/mol. The predicted molar refractivity (Wildman–Crippen MR) is 72.2 cm³/mol. The van der Waals surface area contributed by atoms with Gasteiger partial charge in [0, 0.05) is 17.7 Å². The smallest absolute Gasteiger partial charge is 0.224 e. The van der Waals surface area contributed by atoms with Crippen LogP contribution in [0, 0.1) is 5.92 Å². The Morgan fingerprint density at radius 2 is 2.28 bits per heavy atom. The summed E-state index contributed by atoms with van der Waals surface area (Å²) in [5.74, 6) is 0.378. The topological polar surface area (TPSA) is 49.3 Å². The Balaban J connectivity index is 2.00. The quantitative estimate of drug-likeness (QED) is 0.801. The molecule has 0 aliphatic heterocycles. The number of carbonyl (C=O) groups excluding carboxylic acids is 1. The SMILES string of the molecule is CC(O)c1ccccc1NC(=O)CC1C=CCC1. The average molecular weight is 245 g/mol. The van der Waals surface area contributed by atoms with Crippen LogP contribution in [0.1, 0.15) is 37.9 Å². The maximum Gasteiger partial charge on any atom is 0.224 e. The summed E-state index contributed by atoms with van der Waals surface area (Å²) in [5.41, 5.74) is 1.47. The first-order chi connectivity index (χ1) is 8.66. The highest BCUT2D eigenvalue weighted by molar-refractivity contribution is 5.91. The molecule has 3 nitrogen and oxygen atoms in total. The van der Waals surface area contributed by atoms with Crippen LogP contribution in [0.5, 0.6) is 0 Å². The molecule has 18 heavy (non-hydrogen) atoms. The van der Waals surface area contributed by atoms with Crippen LogP contribution in [-0.4, -0.2) is 11.0 Å². The van der Waals surface area contributed by atoms with Gasteiger partial charge in [0.15, 0.2) is 0 Å². The van der Waals surface area contributed by atoms with Crippen molar-refractivity contribution in [2.45, 2.75) is 32.3 Å². The highest BCUT2D eigenvalue weighted by Gasteiger charge is 2.15. The van der Waals surface area contributed by atoms with Gasteiger partial charge in [0.1, 0.15) is 0 Å². The lowest BCUT2D eigenvalue weighted by atomic mass is 10.0. The molecule has 0 fully saturated rings. The minimum Gasteiger partial charge on any atom is -0.389 e. The number of hydrogen-bond donors (Lipinski definition) is 2. The summed E-state index contributed by atoms with van der Waals surface area (Å²) in [7, 11) is 0. The van der Waals surface area contributed by atoms with Crippen molar-refractivity contribution in [3.63, 3.8) is 0 Å². The number of hydrogen-bond acceptors (Lipinski definition) is 2. The van der Waals surface area contributed by atoms with E-state index in [-0.39, 0.29) is 5.91 Å². The molecule has 2 N–H and O–H groups in total. The number of para-hydroxylation sites is 1. The van der Waals surface area contributed by atoms with Gasteiger partial charge in [0.2, 0.25) is 5.91 Å². The van der Waals surface area contributed by atoms with E-state index in [2.05, 4.69) is 17.5 Å². The molecule has 0 radical (unpaired) electrons. The normalized spacial score (nSPS) is 19.8. The van der Waals surface area contributed by atoms with Crippen LogP contribution in [0.15, 0.2) is 36.4 Å². The van der Waals surface area contributed by atoms with Crippen molar-refractivity contribution in [1.82, 2.24) is 0 Å². The maximum atomic E-state index is 11.9. The zero-order chi connectivity index (χ0) is 13.0. The summed E-state index contributed by atoms with van der Waals surface area (Å²) in [6.45, 7) is 1.70. The number of allylic oxidation sites excluding steroid dienone is 2. The summed E-state index contributed by atoms with van der Waals surface area (Å²) in [5, 5.41) is 12.5. The fraction of sp³-hybridized carbons (Fsp3) is 0.400. The van der Waals surface area contributed by atoms with Gasteiger partial charge in [-0.3, -0.25) is 4.79 Å². The fourth-order valence-electron chi connectivity index (χ4n) is 2.28. The molecular formula is C15H19NO2. The Morgan fingerprint density at radius 3 is 2.94 bits per heavy atom. The zero-order valence-corrected chi connectivity index (χ0v) is 10.6. The van der Waals surface area contributed by atoms with E-state index in [0.717, 1.165) is 18.4 Å². The maximum absolute atomic E-state index is 11.9. The van der Waals surface area contributed by atoms with Crippen molar-refractivity contribution in [1.29, 1.82) is 0 Å². The number of aliphatic hydroxyl groups excluding tert-OH is 1. The Hall–Kier alpha value is -1.61. The average Bonchev–Trinajstić information content (AvgIpc) is 2.82. The molecule has 3 heteroatoms. The second kappa shape index (κ2) is 5.83. The molecule has 96 valence electrons. The molecule has 0 saturated heterocycles. The van der Waals surface area contributed by atoms with Gasteiger partial charge in [-0.2, -0.15) is 0 Å². The van der Waals surface area contributed by atoms with E-state index in [9.17, 15) is 9.90 Å². The van der Waals surface area contributed by atoms with Crippen LogP contribution >= 0.6 is 0 Å². The molecule has 1 aliphatic carbocycles. The molecule has 0 bridgehead atoms. The highest BCUT2D eigenvalue weighted by atomic mass is 16.3. The minimum atomic E-state index is -0.576. The van der Waals surface area contributed by atoms with E-state index in [1.165, 1.54) is 0 Å². The van der Waals surface area contributed by atoms with Crippen LogP contribution in [0.4, 0.5) is 5.69 Å². The van der Waals surface area contributed by atoms with Gasteiger partial charge >= 0.3 is 0 Å². The summed E-state index contributed by atoms with van der Waals surface area (Å²) < 4.78 is 0. The number of amides is 1. The van der Waals surface area contributed by atoms with Crippen LogP contribution in [-0.2, 0) is 4.79 Å². The van der Waals surface area contributed by atoms with Gasteiger partial charge in [-0.15, -0.1) is 0 Å². The Bertz CT molecular complexity index is 452. The van der Waals surface area contributed by atoms with Crippen LogP contribution in [0.3, 0.4) is 0 Å². The van der Waals surface area contributed by atoms with Gasteiger partial charge in [-0.1, -0.05) is 30.4 Å². The third-order valence-electron chi connectivity index (χ3n) is 3.24.